The van der Waals surface area contributed by atoms with Gasteiger partial charge in [0.05, 0.1) is 6.54 Å². The number of hydrogen-bond donors (Lipinski definition) is 0. The minimum atomic E-state index is -0.0243. The second-order valence-corrected chi connectivity index (χ2v) is 6.44. The van der Waals surface area contributed by atoms with Gasteiger partial charge in [-0.15, -0.1) is 0 Å². The van der Waals surface area contributed by atoms with Crippen LogP contribution >= 0.6 is 0 Å². The Morgan fingerprint density at radius 2 is 2.08 bits per heavy atom. The second kappa shape index (κ2) is 6.70. The fourth-order valence-electron chi connectivity index (χ4n) is 3.58. The van der Waals surface area contributed by atoms with E-state index in [1.54, 1.807) is 12.4 Å². The summed E-state index contributed by atoms with van der Waals surface area (Å²) >= 11 is 0. The standard InChI is InChI=1S/C19H22N4O2/c1-2-17(24)22-11-8-15(13-22)25-19-18(20-9-10-21-19)23-12-7-14-5-3-4-6-16(14)23/h3-6,9-10,15H,2,7-8,11-13H2,1H3. The van der Waals surface area contributed by atoms with Crippen LogP contribution < -0.4 is 9.64 Å². The molecule has 1 aromatic heterocycles. The first-order chi connectivity index (χ1) is 12.3. The fourth-order valence-corrected chi connectivity index (χ4v) is 3.58. The number of likely N-dealkylation sites (tertiary alicyclic amines) is 1. The second-order valence-electron chi connectivity index (χ2n) is 6.44. The molecule has 2 aromatic rings. The number of carbonyl (C=O) groups excluding carboxylic acids is 1. The van der Waals surface area contributed by atoms with E-state index in [2.05, 4.69) is 33.1 Å². The van der Waals surface area contributed by atoms with Crippen molar-refractivity contribution in [2.45, 2.75) is 32.3 Å². The van der Waals surface area contributed by atoms with Crippen molar-refractivity contribution in [2.75, 3.05) is 24.5 Å². The first-order valence-electron chi connectivity index (χ1n) is 8.87. The molecule has 0 radical (unpaired) electrons. The van der Waals surface area contributed by atoms with Crippen LogP contribution in [0.4, 0.5) is 11.5 Å². The molecular formula is C19H22N4O2. The lowest BCUT2D eigenvalue weighted by atomic mass is 10.2. The third kappa shape index (κ3) is 3.04. The molecule has 2 aliphatic heterocycles. The molecule has 2 aliphatic rings. The molecule has 1 atom stereocenters. The molecule has 1 unspecified atom stereocenters. The van der Waals surface area contributed by atoms with Gasteiger partial charge >= 0.3 is 0 Å². The highest BCUT2D eigenvalue weighted by atomic mass is 16.5. The molecule has 1 saturated heterocycles. The quantitative estimate of drug-likeness (QED) is 0.857. The molecule has 0 spiro atoms. The van der Waals surface area contributed by atoms with Crippen molar-refractivity contribution in [2.24, 2.45) is 0 Å². The first-order valence-corrected chi connectivity index (χ1v) is 8.87. The number of fused-ring (bicyclic) bond motifs is 1. The van der Waals surface area contributed by atoms with E-state index in [1.165, 1.54) is 11.3 Å². The van der Waals surface area contributed by atoms with Crippen LogP contribution in [0.2, 0.25) is 0 Å². The van der Waals surface area contributed by atoms with Crippen LogP contribution in [-0.4, -0.2) is 46.5 Å². The maximum atomic E-state index is 11.9. The van der Waals surface area contributed by atoms with Crippen molar-refractivity contribution in [1.29, 1.82) is 0 Å². The van der Waals surface area contributed by atoms with E-state index in [9.17, 15) is 4.79 Å². The topological polar surface area (TPSA) is 58.6 Å². The Morgan fingerprint density at radius 1 is 1.24 bits per heavy atom. The minimum absolute atomic E-state index is 0.0243. The molecular weight excluding hydrogens is 316 g/mol. The summed E-state index contributed by atoms with van der Waals surface area (Å²) < 4.78 is 6.15. The Hall–Kier alpha value is -2.63. The lowest BCUT2D eigenvalue weighted by molar-refractivity contribution is -0.130. The van der Waals surface area contributed by atoms with E-state index in [0.29, 0.717) is 18.8 Å². The van der Waals surface area contributed by atoms with Crippen molar-refractivity contribution in [3.8, 4) is 5.88 Å². The smallest absolute Gasteiger partial charge is 0.258 e. The molecule has 4 rings (SSSR count). The third-order valence-electron chi connectivity index (χ3n) is 4.87. The van der Waals surface area contributed by atoms with Crippen molar-refractivity contribution in [3.63, 3.8) is 0 Å². The molecule has 0 aliphatic carbocycles. The monoisotopic (exact) mass is 338 g/mol. The molecule has 1 aromatic carbocycles. The summed E-state index contributed by atoms with van der Waals surface area (Å²) in [5.74, 6) is 1.49. The van der Waals surface area contributed by atoms with Crippen LogP contribution in [0.5, 0.6) is 5.88 Å². The van der Waals surface area contributed by atoms with E-state index in [-0.39, 0.29) is 12.0 Å². The predicted molar refractivity (Wildman–Crippen MR) is 95.1 cm³/mol. The number of carbonyl (C=O) groups is 1. The van der Waals surface area contributed by atoms with Crippen LogP contribution in [0.25, 0.3) is 0 Å². The van der Waals surface area contributed by atoms with Crippen LogP contribution in [-0.2, 0) is 11.2 Å². The van der Waals surface area contributed by atoms with E-state index >= 15 is 0 Å². The predicted octanol–water partition coefficient (Wildman–Crippen LogP) is 2.56. The van der Waals surface area contributed by atoms with Gasteiger partial charge in [-0.05, 0) is 18.1 Å². The minimum Gasteiger partial charge on any atom is -0.470 e. The van der Waals surface area contributed by atoms with Gasteiger partial charge < -0.3 is 14.5 Å². The number of anilines is 2. The molecule has 6 nitrogen and oxygen atoms in total. The van der Waals surface area contributed by atoms with Gasteiger partial charge in [-0.25, -0.2) is 9.97 Å². The summed E-state index contributed by atoms with van der Waals surface area (Å²) in [5.41, 5.74) is 2.49. The molecule has 3 heterocycles. The van der Waals surface area contributed by atoms with E-state index in [0.717, 1.165) is 31.7 Å². The maximum absolute atomic E-state index is 11.9. The normalized spacial score (nSPS) is 19.2. The number of ether oxygens (including phenoxy) is 1. The van der Waals surface area contributed by atoms with Crippen molar-refractivity contribution in [1.82, 2.24) is 14.9 Å². The highest BCUT2D eigenvalue weighted by Gasteiger charge is 2.30. The van der Waals surface area contributed by atoms with Crippen molar-refractivity contribution < 1.29 is 9.53 Å². The van der Waals surface area contributed by atoms with Gasteiger partial charge in [0.25, 0.3) is 5.88 Å². The molecule has 130 valence electrons. The zero-order valence-corrected chi connectivity index (χ0v) is 14.4. The molecule has 1 fully saturated rings. The largest absolute Gasteiger partial charge is 0.470 e. The van der Waals surface area contributed by atoms with Gasteiger partial charge in [0.1, 0.15) is 6.10 Å². The van der Waals surface area contributed by atoms with Gasteiger partial charge in [0, 0.05) is 44.0 Å². The lowest BCUT2D eigenvalue weighted by Crippen LogP contribution is -2.30. The summed E-state index contributed by atoms with van der Waals surface area (Å²) in [4.78, 5) is 24.8. The van der Waals surface area contributed by atoms with E-state index in [4.69, 9.17) is 4.74 Å². The van der Waals surface area contributed by atoms with Gasteiger partial charge in [0.15, 0.2) is 5.82 Å². The average Bonchev–Trinajstić information content (AvgIpc) is 3.29. The molecule has 1 amide bonds. The maximum Gasteiger partial charge on any atom is 0.258 e. The number of aromatic nitrogens is 2. The number of benzene rings is 1. The Kier molecular flexibility index (Phi) is 4.26. The summed E-state index contributed by atoms with van der Waals surface area (Å²) in [7, 11) is 0. The highest BCUT2D eigenvalue weighted by Crippen LogP contribution is 2.37. The van der Waals surface area contributed by atoms with Crippen LogP contribution in [0.3, 0.4) is 0 Å². The Labute approximate surface area is 147 Å². The fraction of sp³-hybridized carbons (Fsp3) is 0.421. The van der Waals surface area contributed by atoms with Crippen molar-refractivity contribution >= 4 is 17.4 Å². The van der Waals surface area contributed by atoms with Crippen LogP contribution in [0.1, 0.15) is 25.3 Å². The van der Waals surface area contributed by atoms with Gasteiger partial charge in [-0.2, -0.15) is 0 Å². The number of hydrogen-bond acceptors (Lipinski definition) is 5. The number of amides is 1. The Balaban J connectivity index is 1.54. The SMILES string of the molecule is CCC(=O)N1CCC(Oc2nccnc2N2CCc3ccccc32)C1. The average molecular weight is 338 g/mol. The highest BCUT2D eigenvalue weighted by molar-refractivity contribution is 5.76. The molecule has 25 heavy (non-hydrogen) atoms. The summed E-state index contributed by atoms with van der Waals surface area (Å²) in [6, 6.07) is 8.36. The summed E-state index contributed by atoms with van der Waals surface area (Å²) in [6.45, 7) is 4.14. The van der Waals surface area contributed by atoms with Gasteiger partial charge in [-0.3, -0.25) is 4.79 Å². The van der Waals surface area contributed by atoms with E-state index < -0.39 is 0 Å². The zero-order chi connectivity index (χ0) is 17.2. The number of para-hydroxylation sites is 1. The lowest BCUT2D eigenvalue weighted by Gasteiger charge is -2.22. The molecule has 6 heteroatoms. The number of nitrogens with zero attached hydrogens (tertiary/aromatic N) is 4. The molecule has 0 bridgehead atoms. The first kappa shape index (κ1) is 15.9. The van der Waals surface area contributed by atoms with Gasteiger partial charge in [-0.1, -0.05) is 25.1 Å². The molecule has 0 N–H and O–H groups in total. The van der Waals surface area contributed by atoms with Crippen LogP contribution in [0, 0.1) is 0 Å². The number of rotatable bonds is 4. The zero-order valence-electron chi connectivity index (χ0n) is 14.4. The third-order valence-corrected chi connectivity index (χ3v) is 4.87. The summed E-state index contributed by atoms with van der Waals surface area (Å²) in [6.07, 6.45) is 5.69. The van der Waals surface area contributed by atoms with Gasteiger partial charge in [0.2, 0.25) is 5.91 Å². The Morgan fingerprint density at radius 3 is 2.96 bits per heavy atom. The summed E-state index contributed by atoms with van der Waals surface area (Å²) in [5, 5.41) is 0. The molecule has 0 saturated carbocycles. The van der Waals surface area contributed by atoms with Crippen molar-refractivity contribution in [3.05, 3.63) is 42.2 Å². The van der Waals surface area contributed by atoms with E-state index in [1.807, 2.05) is 17.9 Å². The van der Waals surface area contributed by atoms with Crippen LogP contribution in [0.15, 0.2) is 36.7 Å². The Bertz CT molecular complexity index is 780.